The van der Waals surface area contributed by atoms with E-state index in [0.29, 0.717) is 11.3 Å². The van der Waals surface area contributed by atoms with Crippen LogP contribution in [0.25, 0.3) is 0 Å². The molecule has 1 unspecified atom stereocenters. The number of carbonyl (C=O) groups excluding carboxylic acids is 1. The van der Waals surface area contributed by atoms with Crippen LogP contribution in [0.1, 0.15) is 35.2 Å². The zero-order valence-electron chi connectivity index (χ0n) is 7.46. The van der Waals surface area contributed by atoms with E-state index in [1.54, 1.807) is 6.92 Å². The topological polar surface area (TPSA) is 17.1 Å². The SMILES string of the molecule is CC(=O)c1ccc(C2C[C@@H]2Cl)cc1. The number of hydrogen-bond acceptors (Lipinski definition) is 1. The molecule has 1 nitrogen and oxygen atoms in total. The van der Waals surface area contributed by atoms with Gasteiger partial charge in [0.2, 0.25) is 0 Å². The maximum atomic E-state index is 11.0. The van der Waals surface area contributed by atoms with Crippen molar-refractivity contribution in [2.75, 3.05) is 0 Å². The van der Waals surface area contributed by atoms with Crippen LogP contribution in [0.3, 0.4) is 0 Å². The Hall–Kier alpha value is -0.820. The van der Waals surface area contributed by atoms with Gasteiger partial charge < -0.3 is 0 Å². The van der Waals surface area contributed by atoms with Crippen LogP contribution in [0.15, 0.2) is 24.3 Å². The lowest BCUT2D eigenvalue weighted by Crippen LogP contribution is -1.91. The van der Waals surface area contributed by atoms with Crippen LogP contribution in [-0.2, 0) is 0 Å². The van der Waals surface area contributed by atoms with Crippen LogP contribution in [-0.4, -0.2) is 11.2 Å². The molecule has 0 aromatic heterocycles. The normalized spacial score (nSPS) is 25.7. The van der Waals surface area contributed by atoms with Crippen molar-refractivity contribution in [3.8, 4) is 0 Å². The highest BCUT2D eigenvalue weighted by molar-refractivity contribution is 6.23. The fraction of sp³-hybridized carbons (Fsp3) is 0.364. The molecule has 0 heterocycles. The van der Waals surface area contributed by atoms with Crippen molar-refractivity contribution in [3.63, 3.8) is 0 Å². The molecule has 0 spiro atoms. The molecule has 1 saturated carbocycles. The third-order valence-electron chi connectivity index (χ3n) is 2.46. The third kappa shape index (κ3) is 1.75. The van der Waals surface area contributed by atoms with Crippen LogP contribution in [0.4, 0.5) is 0 Å². The summed E-state index contributed by atoms with van der Waals surface area (Å²) in [7, 11) is 0. The summed E-state index contributed by atoms with van der Waals surface area (Å²) in [5.74, 6) is 0.632. The number of halogens is 1. The Morgan fingerprint density at radius 3 is 2.31 bits per heavy atom. The van der Waals surface area contributed by atoms with E-state index in [1.807, 2.05) is 24.3 Å². The molecule has 0 bridgehead atoms. The second-order valence-electron chi connectivity index (χ2n) is 3.54. The molecule has 13 heavy (non-hydrogen) atoms. The van der Waals surface area contributed by atoms with Crippen molar-refractivity contribution in [3.05, 3.63) is 35.4 Å². The van der Waals surface area contributed by atoms with Crippen molar-refractivity contribution >= 4 is 17.4 Å². The second-order valence-corrected chi connectivity index (χ2v) is 4.10. The number of ketones is 1. The Morgan fingerprint density at radius 2 is 1.92 bits per heavy atom. The van der Waals surface area contributed by atoms with Crippen LogP contribution >= 0.6 is 11.6 Å². The summed E-state index contributed by atoms with van der Waals surface area (Å²) in [6.45, 7) is 1.58. The van der Waals surface area contributed by atoms with Gasteiger partial charge in [-0.25, -0.2) is 0 Å². The molecule has 0 saturated heterocycles. The van der Waals surface area contributed by atoms with Gasteiger partial charge in [-0.2, -0.15) is 0 Å². The summed E-state index contributed by atoms with van der Waals surface area (Å²) in [5.41, 5.74) is 2.03. The second kappa shape index (κ2) is 3.15. The Labute approximate surface area is 82.7 Å². The van der Waals surface area contributed by atoms with Crippen molar-refractivity contribution in [1.29, 1.82) is 0 Å². The molecular formula is C11H11ClO. The average Bonchev–Trinajstić information content (AvgIpc) is 2.83. The van der Waals surface area contributed by atoms with E-state index in [9.17, 15) is 4.79 Å². The van der Waals surface area contributed by atoms with Crippen molar-refractivity contribution in [2.24, 2.45) is 0 Å². The molecule has 0 amide bonds. The fourth-order valence-electron chi connectivity index (χ4n) is 1.47. The molecule has 1 aromatic rings. The minimum atomic E-state index is 0.116. The first-order valence-corrected chi connectivity index (χ1v) is 4.87. The summed E-state index contributed by atoms with van der Waals surface area (Å²) in [6, 6.07) is 7.76. The van der Waals surface area contributed by atoms with Gasteiger partial charge in [-0.3, -0.25) is 4.79 Å². The molecule has 0 radical (unpaired) electrons. The number of rotatable bonds is 2. The lowest BCUT2D eigenvalue weighted by Gasteiger charge is -1.99. The van der Waals surface area contributed by atoms with Crippen LogP contribution in [0.2, 0.25) is 0 Å². The summed E-state index contributed by atoms with van der Waals surface area (Å²) < 4.78 is 0. The van der Waals surface area contributed by atoms with Gasteiger partial charge in [0.15, 0.2) is 5.78 Å². The highest BCUT2D eigenvalue weighted by atomic mass is 35.5. The van der Waals surface area contributed by atoms with E-state index >= 15 is 0 Å². The van der Waals surface area contributed by atoms with Gasteiger partial charge in [-0.1, -0.05) is 24.3 Å². The third-order valence-corrected chi connectivity index (χ3v) is 2.94. The first-order chi connectivity index (χ1) is 6.18. The van der Waals surface area contributed by atoms with Gasteiger partial charge in [0, 0.05) is 16.9 Å². The predicted octanol–water partition coefficient (Wildman–Crippen LogP) is 2.98. The van der Waals surface area contributed by atoms with Gasteiger partial charge >= 0.3 is 0 Å². The zero-order valence-corrected chi connectivity index (χ0v) is 8.21. The fourth-order valence-corrected chi connectivity index (χ4v) is 1.81. The molecule has 0 N–H and O–H groups in total. The Kier molecular flexibility index (Phi) is 2.12. The molecule has 1 fully saturated rings. The molecule has 1 aromatic carbocycles. The van der Waals surface area contributed by atoms with E-state index in [1.165, 1.54) is 5.56 Å². The van der Waals surface area contributed by atoms with E-state index in [4.69, 9.17) is 11.6 Å². The highest BCUT2D eigenvalue weighted by Crippen LogP contribution is 2.45. The number of alkyl halides is 1. The van der Waals surface area contributed by atoms with Crippen LogP contribution in [0.5, 0.6) is 0 Å². The smallest absolute Gasteiger partial charge is 0.159 e. The number of benzene rings is 1. The molecular weight excluding hydrogens is 184 g/mol. The van der Waals surface area contributed by atoms with Gasteiger partial charge in [0.25, 0.3) is 0 Å². The zero-order chi connectivity index (χ0) is 9.42. The van der Waals surface area contributed by atoms with Gasteiger partial charge in [-0.05, 0) is 18.9 Å². The van der Waals surface area contributed by atoms with Gasteiger partial charge in [0.1, 0.15) is 0 Å². The van der Waals surface area contributed by atoms with E-state index in [0.717, 1.165) is 12.0 Å². The van der Waals surface area contributed by atoms with Gasteiger partial charge in [-0.15, -0.1) is 11.6 Å². The lowest BCUT2D eigenvalue weighted by molar-refractivity contribution is 0.101. The maximum absolute atomic E-state index is 11.0. The van der Waals surface area contributed by atoms with Crippen molar-refractivity contribution in [1.82, 2.24) is 0 Å². The molecule has 2 heteroatoms. The number of Topliss-reactive ketones (excluding diaryl/α,β-unsaturated/α-hetero) is 1. The van der Waals surface area contributed by atoms with E-state index < -0.39 is 0 Å². The van der Waals surface area contributed by atoms with Crippen LogP contribution < -0.4 is 0 Å². The summed E-state index contributed by atoms with van der Waals surface area (Å²) >= 11 is 5.92. The minimum Gasteiger partial charge on any atom is -0.295 e. The Morgan fingerprint density at radius 1 is 1.38 bits per heavy atom. The first-order valence-electron chi connectivity index (χ1n) is 4.43. The number of carbonyl (C=O) groups is 1. The molecule has 1 aliphatic rings. The Balaban J connectivity index is 2.19. The predicted molar refractivity (Wildman–Crippen MR) is 53.4 cm³/mol. The quantitative estimate of drug-likeness (QED) is 0.523. The highest BCUT2D eigenvalue weighted by Gasteiger charge is 2.36. The summed E-state index contributed by atoms with van der Waals surface area (Å²) in [5, 5.41) is 0.308. The minimum absolute atomic E-state index is 0.116. The Bertz CT molecular complexity index is 328. The summed E-state index contributed by atoms with van der Waals surface area (Å²) in [6.07, 6.45) is 1.07. The van der Waals surface area contributed by atoms with Gasteiger partial charge in [0.05, 0.1) is 0 Å². The molecule has 68 valence electrons. The standard InChI is InChI=1S/C11H11ClO/c1-7(13)8-2-4-9(5-3-8)10-6-11(10)12/h2-5,10-11H,6H2,1H3/t10?,11-/m0/s1. The molecule has 2 rings (SSSR count). The number of hydrogen-bond donors (Lipinski definition) is 0. The monoisotopic (exact) mass is 194 g/mol. The molecule has 2 atom stereocenters. The van der Waals surface area contributed by atoms with E-state index in [-0.39, 0.29) is 5.78 Å². The largest absolute Gasteiger partial charge is 0.295 e. The summed E-state index contributed by atoms with van der Waals surface area (Å²) in [4.78, 5) is 11.0. The average molecular weight is 195 g/mol. The van der Waals surface area contributed by atoms with E-state index in [2.05, 4.69) is 0 Å². The maximum Gasteiger partial charge on any atom is 0.159 e. The first kappa shape index (κ1) is 8.76. The molecule has 0 aliphatic heterocycles. The van der Waals surface area contributed by atoms with Crippen LogP contribution in [0, 0.1) is 0 Å². The van der Waals surface area contributed by atoms with Crippen molar-refractivity contribution in [2.45, 2.75) is 24.6 Å². The lowest BCUT2D eigenvalue weighted by atomic mass is 10.1. The molecule has 1 aliphatic carbocycles. The van der Waals surface area contributed by atoms with Crippen molar-refractivity contribution < 1.29 is 4.79 Å².